The third-order valence-corrected chi connectivity index (χ3v) is 5.64. The van der Waals surface area contributed by atoms with Gasteiger partial charge in [-0.15, -0.1) is 0 Å². The Balaban J connectivity index is 1.63. The molecule has 1 aromatic carbocycles. The van der Waals surface area contributed by atoms with E-state index in [0.717, 1.165) is 68.1 Å². The van der Waals surface area contributed by atoms with Crippen molar-refractivity contribution in [2.45, 2.75) is 33.7 Å². The van der Waals surface area contributed by atoms with Crippen molar-refractivity contribution in [2.24, 2.45) is 0 Å². The summed E-state index contributed by atoms with van der Waals surface area (Å²) < 4.78 is 11.2. The number of rotatable bonds is 7. The molecule has 152 valence electrons. The number of morpholine rings is 1. The number of nitrogens with one attached hydrogen (secondary N) is 1. The number of anilines is 1. The third kappa shape index (κ3) is 5.80. The molecule has 0 unspecified atom stereocenters. The Labute approximate surface area is 173 Å². The summed E-state index contributed by atoms with van der Waals surface area (Å²) in [6, 6.07) is 10.3. The molecular formula is C22H31N3O2S. The molecule has 0 atom stereocenters. The van der Waals surface area contributed by atoms with Crippen LogP contribution >= 0.6 is 12.2 Å². The molecule has 0 aliphatic carbocycles. The number of aryl methyl sites for hydroxylation is 2. The van der Waals surface area contributed by atoms with E-state index in [0.29, 0.717) is 6.54 Å². The first-order valence-electron chi connectivity index (χ1n) is 10.0. The molecule has 5 nitrogen and oxygen atoms in total. The van der Waals surface area contributed by atoms with E-state index in [-0.39, 0.29) is 0 Å². The molecule has 1 aromatic heterocycles. The average molecular weight is 402 g/mol. The van der Waals surface area contributed by atoms with Gasteiger partial charge in [0.1, 0.15) is 11.5 Å². The largest absolute Gasteiger partial charge is 0.464 e. The molecule has 28 heavy (non-hydrogen) atoms. The Morgan fingerprint density at radius 1 is 1.14 bits per heavy atom. The van der Waals surface area contributed by atoms with Gasteiger partial charge >= 0.3 is 0 Å². The Hall–Kier alpha value is -1.89. The van der Waals surface area contributed by atoms with Crippen LogP contribution in [0.15, 0.2) is 34.7 Å². The standard InChI is InChI=1S/C22H31N3O2S/c1-17-6-4-7-21(19(17)3)23-22(28)25(16-20-9-8-18(2)27-20)11-5-10-24-12-14-26-15-13-24/h4,6-9H,5,10-16H2,1-3H3,(H,23,28). The summed E-state index contributed by atoms with van der Waals surface area (Å²) in [4.78, 5) is 4.66. The zero-order valence-corrected chi connectivity index (χ0v) is 18.0. The van der Waals surface area contributed by atoms with Crippen LogP contribution in [0, 0.1) is 20.8 Å². The summed E-state index contributed by atoms with van der Waals surface area (Å²) in [5, 5.41) is 4.19. The van der Waals surface area contributed by atoms with Crippen LogP contribution in [0.4, 0.5) is 5.69 Å². The Morgan fingerprint density at radius 3 is 2.64 bits per heavy atom. The number of benzene rings is 1. The van der Waals surface area contributed by atoms with Gasteiger partial charge in [0, 0.05) is 31.9 Å². The lowest BCUT2D eigenvalue weighted by Gasteiger charge is -2.29. The highest BCUT2D eigenvalue weighted by Crippen LogP contribution is 2.19. The van der Waals surface area contributed by atoms with E-state index >= 15 is 0 Å². The molecular weight excluding hydrogens is 370 g/mol. The van der Waals surface area contributed by atoms with E-state index in [1.165, 1.54) is 11.1 Å². The second-order valence-electron chi connectivity index (χ2n) is 7.42. The second-order valence-corrected chi connectivity index (χ2v) is 7.81. The van der Waals surface area contributed by atoms with E-state index in [1.807, 2.05) is 19.1 Å². The number of hydrogen-bond donors (Lipinski definition) is 1. The van der Waals surface area contributed by atoms with E-state index in [4.69, 9.17) is 21.4 Å². The minimum atomic E-state index is 0.674. The van der Waals surface area contributed by atoms with Crippen molar-refractivity contribution in [1.29, 1.82) is 0 Å². The highest BCUT2D eigenvalue weighted by molar-refractivity contribution is 7.80. The Kier molecular flexibility index (Phi) is 7.48. The van der Waals surface area contributed by atoms with Crippen molar-refractivity contribution in [1.82, 2.24) is 9.80 Å². The van der Waals surface area contributed by atoms with E-state index < -0.39 is 0 Å². The number of hydrogen-bond acceptors (Lipinski definition) is 4. The van der Waals surface area contributed by atoms with E-state index in [2.05, 4.69) is 47.2 Å². The maximum atomic E-state index is 5.80. The molecule has 1 saturated heterocycles. The smallest absolute Gasteiger partial charge is 0.173 e. The zero-order chi connectivity index (χ0) is 19.9. The minimum Gasteiger partial charge on any atom is -0.464 e. The van der Waals surface area contributed by atoms with Crippen LogP contribution in [-0.4, -0.2) is 54.3 Å². The fourth-order valence-electron chi connectivity index (χ4n) is 3.40. The molecule has 2 aromatic rings. The summed E-state index contributed by atoms with van der Waals surface area (Å²) in [7, 11) is 0. The maximum Gasteiger partial charge on any atom is 0.173 e. The first kappa shape index (κ1) is 20.8. The van der Waals surface area contributed by atoms with Gasteiger partial charge in [-0.25, -0.2) is 0 Å². The molecule has 1 aliphatic rings. The van der Waals surface area contributed by atoms with Crippen molar-refractivity contribution >= 4 is 23.0 Å². The van der Waals surface area contributed by atoms with Crippen LogP contribution in [0.1, 0.15) is 29.1 Å². The normalized spacial score (nSPS) is 14.8. The fraction of sp³-hybridized carbons (Fsp3) is 0.500. The lowest BCUT2D eigenvalue weighted by molar-refractivity contribution is 0.0367. The summed E-state index contributed by atoms with van der Waals surface area (Å²) in [6.45, 7) is 12.5. The topological polar surface area (TPSA) is 40.9 Å². The van der Waals surface area contributed by atoms with Gasteiger partial charge in [0.15, 0.2) is 5.11 Å². The van der Waals surface area contributed by atoms with E-state index in [1.54, 1.807) is 0 Å². The SMILES string of the molecule is Cc1ccc(CN(CCCN2CCOCC2)C(=S)Nc2cccc(C)c2C)o1. The molecule has 1 N–H and O–H groups in total. The summed E-state index contributed by atoms with van der Waals surface area (Å²) in [5.74, 6) is 1.87. The summed E-state index contributed by atoms with van der Waals surface area (Å²) in [6.07, 6.45) is 1.05. The van der Waals surface area contributed by atoms with Crippen LogP contribution < -0.4 is 5.32 Å². The van der Waals surface area contributed by atoms with Gasteiger partial charge in [0.25, 0.3) is 0 Å². The Morgan fingerprint density at radius 2 is 1.93 bits per heavy atom. The van der Waals surface area contributed by atoms with Gasteiger partial charge in [0.05, 0.1) is 19.8 Å². The lowest BCUT2D eigenvalue weighted by atomic mass is 10.1. The predicted molar refractivity (Wildman–Crippen MR) is 118 cm³/mol. The maximum absolute atomic E-state index is 5.80. The molecule has 2 heterocycles. The highest BCUT2D eigenvalue weighted by Gasteiger charge is 2.16. The first-order chi connectivity index (χ1) is 13.5. The van der Waals surface area contributed by atoms with Crippen molar-refractivity contribution in [3.05, 3.63) is 53.0 Å². The van der Waals surface area contributed by atoms with Crippen LogP contribution in [0.3, 0.4) is 0 Å². The molecule has 0 spiro atoms. The van der Waals surface area contributed by atoms with Crippen molar-refractivity contribution in [3.63, 3.8) is 0 Å². The van der Waals surface area contributed by atoms with Crippen LogP contribution in [0.5, 0.6) is 0 Å². The van der Waals surface area contributed by atoms with Gasteiger partial charge in [-0.3, -0.25) is 4.90 Å². The van der Waals surface area contributed by atoms with Gasteiger partial charge < -0.3 is 19.4 Å². The molecule has 3 rings (SSSR count). The summed E-state index contributed by atoms with van der Waals surface area (Å²) in [5.41, 5.74) is 3.55. The number of nitrogens with zero attached hydrogens (tertiary/aromatic N) is 2. The number of ether oxygens (including phenoxy) is 1. The molecule has 0 saturated carbocycles. The highest BCUT2D eigenvalue weighted by atomic mass is 32.1. The molecule has 6 heteroatoms. The van der Waals surface area contributed by atoms with Crippen molar-refractivity contribution in [2.75, 3.05) is 44.7 Å². The summed E-state index contributed by atoms with van der Waals surface area (Å²) >= 11 is 5.78. The molecule has 0 amide bonds. The molecule has 0 bridgehead atoms. The first-order valence-corrected chi connectivity index (χ1v) is 10.4. The van der Waals surface area contributed by atoms with Gasteiger partial charge in [-0.05, 0) is 68.7 Å². The fourth-order valence-corrected chi connectivity index (χ4v) is 3.67. The van der Waals surface area contributed by atoms with Gasteiger partial charge in [0.2, 0.25) is 0 Å². The van der Waals surface area contributed by atoms with Crippen LogP contribution in [0.2, 0.25) is 0 Å². The number of thiocarbonyl (C=S) groups is 1. The van der Waals surface area contributed by atoms with E-state index in [9.17, 15) is 0 Å². The predicted octanol–water partition coefficient (Wildman–Crippen LogP) is 4.13. The Bertz CT molecular complexity index is 784. The van der Waals surface area contributed by atoms with Gasteiger partial charge in [-0.1, -0.05) is 12.1 Å². The average Bonchev–Trinajstić information content (AvgIpc) is 3.10. The quantitative estimate of drug-likeness (QED) is 0.704. The molecule has 0 radical (unpaired) electrons. The lowest BCUT2D eigenvalue weighted by Crippen LogP contribution is -2.40. The molecule has 1 aliphatic heterocycles. The zero-order valence-electron chi connectivity index (χ0n) is 17.2. The van der Waals surface area contributed by atoms with Crippen molar-refractivity contribution in [3.8, 4) is 0 Å². The van der Waals surface area contributed by atoms with Crippen LogP contribution in [0.25, 0.3) is 0 Å². The molecule has 1 fully saturated rings. The van der Waals surface area contributed by atoms with Crippen molar-refractivity contribution < 1.29 is 9.15 Å². The third-order valence-electron chi connectivity index (χ3n) is 5.28. The second kappa shape index (κ2) is 10.0. The number of furan rings is 1. The monoisotopic (exact) mass is 401 g/mol. The minimum absolute atomic E-state index is 0.674. The van der Waals surface area contributed by atoms with Gasteiger partial charge in [-0.2, -0.15) is 0 Å². The van der Waals surface area contributed by atoms with Crippen LogP contribution in [-0.2, 0) is 11.3 Å².